The molecule has 1 N–H and O–H groups in total. The fourth-order valence-electron chi connectivity index (χ4n) is 1.73. The van der Waals surface area contributed by atoms with E-state index in [9.17, 15) is 4.79 Å². The largest absolute Gasteiger partial charge is 0.481 e. The molecule has 3 heteroatoms. The molecule has 1 aromatic heterocycles. The van der Waals surface area contributed by atoms with Crippen molar-refractivity contribution < 1.29 is 9.90 Å². The van der Waals surface area contributed by atoms with Gasteiger partial charge in [0.1, 0.15) is 0 Å². The first-order chi connectivity index (χ1) is 7.41. The van der Waals surface area contributed by atoms with Crippen molar-refractivity contribution in [1.29, 1.82) is 0 Å². The highest BCUT2D eigenvalue weighted by atomic mass is 32.1. The summed E-state index contributed by atoms with van der Waals surface area (Å²) in [6, 6.07) is 4.22. The first kappa shape index (κ1) is 13.2. The Morgan fingerprint density at radius 2 is 1.81 bits per heavy atom. The minimum absolute atomic E-state index is 0.148. The Bertz CT molecular complexity index is 353. The summed E-state index contributed by atoms with van der Waals surface area (Å²) in [5.74, 6) is 0.333. The molecule has 0 aliphatic heterocycles. The Morgan fingerprint density at radius 1 is 1.25 bits per heavy atom. The van der Waals surface area contributed by atoms with Crippen LogP contribution >= 0.6 is 11.3 Å². The summed E-state index contributed by atoms with van der Waals surface area (Å²) in [5, 5.41) is 8.91. The highest BCUT2D eigenvalue weighted by Gasteiger charge is 2.21. The standard InChI is InChI=1S/C13H20O2S/c1-8(2)10(7-13(14)15)12-6-5-11(16-12)9(3)4/h5-6,8-10H,7H2,1-4H3,(H,14,15). The van der Waals surface area contributed by atoms with Crippen LogP contribution in [0.5, 0.6) is 0 Å². The van der Waals surface area contributed by atoms with E-state index in [1.165, 1.54) is 9.75 Å². The zero-order valence-electron chi connectivity index (χ0n) is 10.4. The molecule has 1 heterocycles. The Balaban J connectivity index is 2.88. The SMILES string of the molecule is CC(C)c1ccc(C(CC(=O)O)C(C)C)s1. The summed E-state index contributed by atoms with van der Waals surface area (Å²) < 4.78 is 0. The van der Waals surface area contributed by atoms with E-state index in [2.05, 4.69) is 39.8 Å². The highest BCUT2D eigenvalue weighted by Crippen LogP contribution is 2.35. The third-order valence-electron chi connectivity index (χ3n) is 2.78. The van der Waals surface area contributed by atoms with Crippen LogP contribution < -0.4 is 0 Å². The molecule has 0 saturated carbocycles. The van der Waals surface area contributed by atoms with Crippen molar-refractivity contribution in [2.24, 2.45) is 5.92 Å². The van der Waals surface area contributed by atoms with Gasteiger partial charge < -0.3 is 5.11 Å². The van der Waals surface area contributed by atoms with Gasteiger partial charge in [0.2, 0.25) is 0 Å². The van der Waals surface area contributed by atoms with E-state index in [1.807, 2.05) is 0 Å². The molecule has 90 valence electrons. The minimum Gasteiger partial charge on any atom is -0.481 e. The predicted molar refractivity (Wildman–Crippen MR) is 68.2 cm³/mol. The van der Waals surface area contributed by atoms with Gasteiger partial charge in [-0.05, 0) is 24.0 Å². The van der Waals surface area contributed by atoms with E-state index in [0.717, 1.165) is 0 Å². The minimum atomic E-state index is -0.710. The van der Waals surface area contributed by atoms with Crippen LogP contribution in [0, 0.1) is 5.92 Å². The average molecular weight is 240 g/mol. The first-order valence-electron chi connectivity index (χ1n) is 5.73. The second-order valence-corrected chi connectivity index (χ2v) is 5.99. The van der Waals surface area contributed by atoms with Crippen molar-refractivity contribution in [3.63, 3.8) is 0 Å². The fraction of sp³-hybridized carbons (Fsp3) is 0.615. The fourth-order valence-corrected chi connectivity index (χ4v) is 3.02. The number of aliphatic carboxylic acids is 1. The molecule has 0 saturated heterocycles. The van der Waals surface area contributed by atoms with Gasteiger partial charge in [0, 0.05) is 15.7 Å². The van der Waals surface area contributed by atoms with Crippen LogP contribution in [0.2, 0.25) is 0 Å². The van der Waals surface area contributed by atoms with Crippen molar-refractivity contribution >= 4 is 17.3 Å². The van der Waals surface area contributed by atoms with Gasteiger partial charge in [0.25, 0.3) is 0 Å². The molecule has 0 bridgehead atoms. The number of thiophene rings is 1. The van der Waals surface area contributed by atoms with Gasteiger partial charge >= 0.3 is 5.97 Å². The first-order valence-corrected chi connectivity index (χ1v) is 6.55. The Hall–Kier alpha value is -0.830. The smallest absolute Gasteiger partial charge is 0.304 e. The Kier molecular flexibility index (Phi) is 4.54. The van der Waals surface area contributed by atoms with Crippen LogP contribution in [-0.2, 0) is 4.79 Å². The predicted octanol–water partition coefficient (Wildman–Crippen LogP) is 4.09. The van der Waals surface area contributed by atoms with E-state index in [4.69, 9.17) is 5.11 Å². The van der Waals surface area contributed by atoms with Crippen molar-refractivity contribution in [1.82, 2.24) is 0 Å². The van der Waals surface area contributed by atoms with E-state index in [0.29, 0.717) is 11.8 Å². The number of carboxylic acids is 1. The van der Waals surface area contributed by atoms with Crippen molar-refractivity contribution in [2.45, 2.75) is 46.0 Å². The molecule has 0 aliphatic carbocycles. The van der Waals surface area contributed by atoms with Crippen LogP contribution in [0.25, 0.3) is 0 Å². The van der Waals surface area contributed by atoms with Crippen LogP contribution in [0.4, 0.5) is 0 Å². The molecular weight excluding hydrogens is 220 g/mol. The average Bonchev–Trinajstić information content (AvgIpc) is 2.61. The maximum Gasteiger partial charge on any atom is 0.304 e. The van der Waals surface area contributed by atoms with Crippen LogP contribution in [0.3, 0.4) is 0 Å². The third-order valence-corrected chi connectivity index (χ3v) is 4.30. The Labute approximate surface area is 101 Å². The summed E-state index contributed by atoms with van der Waals surface area (Å²) >= 11 is 1.76. The molecule has 2 nitrogen and oxygen atoms in total. The molecule has 0 radical (unpaired) electrons. The lowest BCUT2D eigenvalue weighted by Gasteiger charge is -2.17. The maximum atomic E-state index is 10.8. The Morgan fingerprint density at radius 3 is 2.19 bits per heavy atom. The molecule has 0 fully saturated rings. The summed E-state index contributed by atoms with van der Waals surface area (Å²) in [4.78, 5) is 13.4. The highest BCUT2D eigenvalue weighted by molar-refractivity contribution is 7.12. The molecule has 0 aliphatic rings. The zero-order chi connectivity index (χ0) is 12.3. The second kappa shape index (κ2) is 5.48. The van der Waals surface area contributed by atoms with E-state index < -0.39 is 5.97 Å². The number of hydrogen-bond acceptors (Lipinski definition) is 2. The number of hydrogen-bond donors (Lipinski definition) is 1. The summed E-state index contributed by atoms with van der Waals surface area (Å²) in [7, 11) is 0. The van der Waals surface area contributed by atoms with Crippen LogP contribution in [-0.4, -0.2) is 11.1 Å². The third kappa shape index (κ3) is 3.34. The molecule has 1 atom stereocenters. The monoisotopic (exact) mass is 240 g/mol. The quantitative estimate of drug-likeness (QED) is 0.841. The van der Waals surface area contributed by atoms with Crippen molar-refractivity contribution in [2.75, 3.05) is 0 Å². The zero-order valence-corrected chi connectivity index (χ0v) is 11.2. The maximum absolute atomic E-state index is 10.8. The molecule has 1 aromatic rings. The van der Waals surface area contributed by atoms with Gasteiger partial charge in [-0.25, -0.2) is 0 Å². The molecule has 1 unspecified atom stereocenters. The van der Waals surface area contributed by atoms with Crippen LogP contribution in [0.15, 0.2) is 12.1 Å². The number of rotatable bonds is 5. The van der Waals surface area contributed by atoms with E-state index in [1.54, 1.807) is 11.3 Å². The molecule has 0 aromatic carbocycles. The lowest BCUT2D eigenvalue weighted by Crippen LogP contribution is -2.10. The molecule has 16 heavy (non-hydrogen) atoms. The number of carbonyl (C=O) groups is 1. The second-order valence-electron chi connectivity index (χ2n) is 4.84. The van der Waals surface area contributed by atoms with Gasteiger partial charge in [0.15, 0.2) is 0 Å². The van der Waals surface area contributed by atoms with E-state index in [-0.39, 0.29) is 12.3 Å². The topological polar surface area (TPSA) is 37.3 Å². The summed E-state index contributed by atoms with van der Waals surface area (Å²) in [5.41, 5.74) is 0. The van der Waals surface area contributed by atoms with Crippen molar-refractivity contribution in [3.8, 4) is 0 Å². The lowest BCUT2D eigenvalue weighted by molar-refractivity contribution is -0.137. The van der Waals surface area contributed by atoms with Gasteiger partial charge in [-0.1, -0.05) is 27.7 Å². The summed E-state index contributed by atoms with van der Waals surface area (Å²) in [6.07, 6.45) is 0.232. The van der Waals surface area contributed by atoms with Gasteiger partial charge in [-0.3, -0.25) is 4.79 Å². The summed E-state index contributed by atoms with van der Waals surface area (Å²) in [6.45, 7) is 8.50. The molecule has 0 amide bonds. The van der Waals surface area contributed by atoms with Gasteiger partial charge in [-0.2, -0.15) is 0 Å². The molecule has 0 spiro atoms. The molecule has 1 rings (SSSR count). The van der Waals surface area contributed by atoms with E-state index >= 15 is 0 Å². The van der Waals surface area contributed by atoms with Crippen molar-refractivity contribution in [3.05, 3.63) is 21.9 Å². The number of carboxylic acid groups (broad SMARTS) is 1. The molecular formula is C13H20O2S. The van der Waals surface area contributed by atoms with Gasteiger partial charge in [-0.15, -0.1) is 11.3 Å². The normalized spacial score (nSPS) is 13.4. The van der Waals surface area contributed by atoms with Crippen LogP contribution in [0.1, 0.15) is 55.7 Å². The van der Waals surface area contributed by atoms with Gasteiger partial charge in [0.05, 0.1) is 6.42 Å². The lowest BCUT2D eigenvalue weighted by atomic mass is 9.91.